The Morgan fingerprint density at radius 1 is 0.327 bits per heavy atom. The molecule has 0 N–H and O–H groups in total. The molecule has 0 aromatic carbocycles. The van der Waals surface area contributed by atoms with Crippen LogP contribution in [-0.4, -0.2) is 64.1 Å². The average molecular weight is 1010 g/mol. The largest absolute Gasteiger partial charge is 3.00 e. The fourth-order valence-electron chi connectivity index (χ4n) is 4.12. The summed E-state index contributed by atoms with van der Waals surface area (Å²) < 4.78 is 33.0. The van der Waals surface area contributed by atoms with Crippen molar-refractivity contribution in [2.75, 3.05) is 39.6 Å². The first-order valence-electron chi connectivity index (χ1n) is 19.3. The molecule has 0 aliphatic heterocycles. The molecular formula is C36H78O6P3S6Sb. The van der Waals surface area contributed by atoms with Gasteiger partial charge in [-0.25, -0.2) is 0 Å². The van der Waals surface area contributed by atoms with Crippen molar-refractivity contribution in [2.45, 2.75) is 160 Å². The molecule has 0 amide bonds. The first kappa shape index (κ1) is 62.2. The molecule has 0 aromatic heterocycles. The molecule has 52 heavy (non-hydrogen) atoms. The Kier molecular flexibility index (Phi) is 46.4. The van der Waals surface area contributed by atoms with Gasteiger partial charge in [-0.1, -0.05) is 119 Å². The summed E-state index contributed by atoms with van der Waals surface area (Å²) in [6.07, 6.45) is 13.0. The molecule has 0 saturated heterocycles. The monoisotopic (exact) mass is 1010 g/mol. The van der Waals surface area contributed by atoms with Gasteiger partial charge in [0.2, 0.25) is 0 Å². The SMILES string of the molecule is CC(C)CCCOP(=S)([S-])OCCCC(C)C.CC(C)CCCOP(=S)([S-])OCCCC(C)C.CC(C)CCCOP(=S)([S-])OCCCC(C)C.[Sb+3]. The van der Waals surface area contributed by atoms with Crippen molar-refractivity contribution < 1.29 is 27.1 Å². The summed E-state index contributed by atoms with van der Waals surface area (Å²) >= 11 is 31.1. The van der Waals surface area contributed by atoms with Crippen LogP contribution in [0.15, 0.2) is 0 Å². The van der Waals surface area contributed by atoms with Crippen LogP contribution in [0.3, 0.4) is 0 Å². The smallest absolute Gasteiger partial charge is 0.691 e. The van der Waals surface area contributed by atoms with E-state index in [1.165, 1.54) is 0 Å². The minimum absolute atomic E-state index is 0. The predicted octanol–water partition coefficient (Wildman–Crippen LogP) is 13.6. The van der Waals surface area contributed by atoms with Gasteiger partial charge in [0, 0.05) is 0 Å². The first-order valence-corrected chi connectivity index (χ1v) is 30.3. The Bertz CT molecular complexity index is 759. The third-order valence-electron chi connectivity index (χ3n) is 7.05. The summed E-state index contributed by atoms with van der Waals surface area (Å²) in [4.78, 5) is 0. The minimum Gasteiger partial charge on any atom is -0.691 e. The molecule has 0 fully saturated rings. The van der Waals surface area contributed by atoms with Crippen molar-refractivity contribution >= 4 is 114 Å². The van der Waals surface area contributed by atoms with Gasteiger partial charge in [0.05, 0.1) is 56.7 Å². The maximum Gasteiger partial charge on any atom is 3.00 e. The molecule has 0 bridgehead atoms. The average Bonchev–Trinajstić information content (AvgIpc) is 2.99. The van der Waals surface area contributed by atoms with Crippen molar-refractivity contribution in [1.82, 2.24) is 0 Å². The molecule has 0 saturated carbocycles. The van der Waals surface area contributed by atoms with E-state index in [-0.39, 0.29) is 24.4 Å². The molecule has 0 unspecified atom stereocenters. The van der Waals surface area contributed by atoms with Crippen molar-refractivity contribution in [3.05, 3.63) is 0 Å². The van der Waals surface area contributed by atoms with Crippen LogP contribution in [0, 0.1) is 35.5 Å². The Balaban J connectivity index is -0.000000329. The fourth-order valence-corrected chi connectivity index (χ4v) is 9.14. The van der Waals surface area contributed by atoms with E-state index in [0.29, 0.717) is 75.1 Å². The zero-order valence-corrected chi connectivity index (χ0v) is 45.0. The van der Waals surface area contributed by atoms with Crippen LogP contribution >= 0.6 is 17.1 Å². The van der Waals surface area contributed by atoms with E-state index in [1.807, 2.05) is 0 Å². The third kappa shape index (κ3) is 55.7. The van der Waals surface area contributed by atoms with Gasteiger partial charge in [0.15, 0.2) is 0 Å². The Morgan fingerprint density at radius 3 is 0.538 bits per heavy atom. The Hall–Kier alpha value is 3.58. The second-order valence-corrected chi connectivity index (χ2v) is 30.5. The zero-order valence-electron chi connectivity index (χ0n) is 34.9. The quantitative estimate of drug-likeness (QED) is 0.0298. The van der Waals surface area contributed by atoms with E-state index >= 15 is 0 Å². The van der Waals surface area contributed by atoms with Crippen molar-refractivity contribution in [3.8, 4) is 0 Å². The van der Waals surface area contributed by atoms with E-state index in [9.17, 15) is 0 Å². The van der Waals surface area contributed by atoms with Gasteiger partial charge in [-0.3, -0.25) is 0 Å². The fraction of sp³-hybridized carbons (Fsp3) is 1.00. The standard InChI is InChI=1S/3C12H27O2PS2.Sb/c3*1-11(2)7-5-9-13-15(16,17)14-10-6-8-12(3)4;/h3*11-12H,5-10H2,1-4H3,(H,16,17);/q;;;+3/p-3. The molecule has 0 spiro atoms. The molecule has 6 nitrogen and oxygen atoms in total. The molecular weight excluding hydrogens is 935 g/mol. The van der Waals surface area contributed by atoms with Gasteiger partial charge in [0.25, 0.3) is 0 Å². The molecule has 314 valence electrons. The molecule has 16 heteroatoms. The van der Waals surface area contributed by atoms with Crippen molar-refractivity contribution in [3.63, 3.8) is 0 Å². The summed E-state index contributed by atoms with van der Waals surface area (Å²) in [5.74, 6) is 4.21. The number of hydrogen-bond donors (Lipinski definition) is 0. The second-order valence-electron chi connectivity index (χ2n) is 15.6. The molecule has 0 aliphatic rings. The molecule has 0 atom stereocenters. The third-order valence-corrected chi connectivity index (χ3v) is 13.8. The summed E-state index contributed by atoms with van der Waals surface area (Å²) in [6.45, 7) is 30.3. The van der Waals surface area contributed by atoms with E-state index < -0.39 is 17.1 Å². The summed E-state index contributed by atoms with van der Waals surface area (Å²) in [5.41, 5.74) is -7.19. The van der Waals surface area contributed by atoms with E-state index in [1.54, 1.807) is 0 Å². The molecule has 0 aliphatic carbocycles. The minimum atomic E-state index is -2.40. The van der Waals surface area contributed by atoms with Crippen molar-refractivity contribution in [2.24, 2.45) is 35.5 Å². The number of hydrogen-bond acceptors (Lipinski definition) is 12. The molecule has 2 radical (unpaired) electrons. The van der Waals surface area contributed by atoms with E-state index in [2.05, 4.69) is 83.1 Å². The van der Waals surface area contributed by atoms with Crippen LogP contribution in [0.2, 0.25) is 0 Å². The first-order chi connectivity index (χ1) is 23.5. The maximum absolute atomic E-state index is 5.51. The van der Waals surface area contributed by atoms with Gasteiger partial charge in [0.1, 0.15) is 0 Å². The van der Waals surface area contributed by atoms with Crippen LogP contribution in [0.5, 0.6) is 0 Å². The molecule has 0 rings (SSSR count). The summed E-state index contributed by atoms with van der Waals surface area (Å²) in [7, 11) is 0. The molecule has 0 aromatic rings. The maximum atomic E-state index is 5.51. The summed E-state index contributed by atoms with van der Waals surface area (Å²) in [5, 5.41) is 0. The van der Waals surface area contributed by atoms with E-state index in [4.69, 9.17) is 99.3 Å². The second kappa shape index (κ2) is 38.8. The Morgan fingerprint density at radius 2 is 0.442 bits per heavy atom. The predicted molar refractivity (Wildman–Crippen MR) is 251 cm³/mol. The topological polar surface area (TPSA) is 55.4 Å². The van der Waals surface area contributed by atoms with Crippen LogP contribution < -0.4 is 0 Å². The van der Waals surface area contributed by atoms with Gasteiger partial charge < -0.3 is 63.9 Å². The van der Waals surface area contributed by atoms with Crippen LogP contribution in [-0.2, 0) is 99.3 Å². The van der Waals surface area contributed by atoms with Crippen LogP contribution in [0.25, 0.3) is 0 Å². The summed E-state index contributed by atoms with van der Waals surface area (Å²) in [6, 6.07) is 0. The number of rotatable bonds is 30. The van der Waals surface area contributed by atoms with Gasteiger partial charge >= 0.3 is 24.4 Å². The van der Waals surface area contributed by atoms with Gasteiger partial charge in [-0.2, -0.15) is 0 Å². The van der Waals surface area contributed by atoms with Crippen LogP contribution in [0.4, 0.5) is 0 Å². The normalized spacial score (nSPS) is 12.4. The molecule has 0 heterocycles. The van der Waals surface area contributed by atoms with E-state index in [0.717, 1.165) is 77.0 Å². The van der Waals surface area contributed by atoms with Gasteiger partial charge in [-0.05, 0) is 113 Å². The van der Waals surface area contributed by atoms with Gasteiger partial charge in [-0.15, -0.1) is 0 Å². The Labute approximate surface area is 372 Å². The zero-order chi connectivity index (χ0) is 39.9. The van der Waals surface area contributed by atoms with Crippen molar-refractivity contribution in [1.29, 1.82) is 0 Å². The van der Waals surface area contributed by atoms with Crippen LogP contribution in [0.1, 0.15) is 160 Å².